The summed E-state index contributed by atoms with van der Waals surface area (Å²) in [6.07, 6.45) is 7.85. The highest BCUT2D eigenvalue weighted by molar-refractivity contribution is 7.95. The Bertz CT molecular complexity index is 845. The van der Waals surface area contributed by atoms with Gasteiger partial charge in [-0.05, 0) is 43.7 Å². The maximum absolute atomic E-state index is 11.5. The van der Waals surface area contributed by atoms with E-state index in [1.807, 2.05) is 25.1 Å². The van der Waals surface area contributed by atoms with Crippen molar-refractivity contribution in [3.8, 4) is 0 Å². The zero-order valence-electron chi connectivity index (χ0n) is 14.5. The lowest BCUT2D eigenvalue weighted by Crippen LogP contribution is -2.51. The summed E-state index contributed by atoms with van der Waals surface area (Å²) >= 11 is 0. The first-order valence-electron chi connectivity index (χ1n) is 8.22. The van der Waals surface area contributed by atoms with Crippen LogP contribution < -0.4 is 10.6 Å². The van der Waals surface area contributed by atoms with Gasteiger partial charge in [0.2, 0.25) is 5.34 Å². The van der Waals surface area contributed by atoms with Gasteiger partial charge in [-0.3, -0.25) is 0 Å². The van der Waals surface area contributed by atoms with Gasteiger partial charge in [0, 0.05) is 6.92 Å². The van der Waals surface area contributed by atoms with Gasteiger partial charge in [0.15, 0.2) is 0 Å². The Morgan fingerprint density at radius 3 is 2.33 bits per heavy atom. The molecule has 24 heavy (non-hydrogen) atoms. The quantitative estimate of drug-likeness (QED) is 0.629. The average molecular weight is 335 g/mol. The molecular formula is C22H24OP+. The van der Waals surface area contributed by atoms with E-state index in [0.717, 1.165) is 5.56 Å². The fraction of sp³-hybridized carbons (Fsp3) is 0.182. The van der Waals surface area contributed by atoms with Crippen molar-refractivity contribution in [2.75, 3.05) is 0 Å². The van der Waals surface area contributed by atoms with E-state index < -0.39 is 12.6 Å². The van der Waals surface area contributed by atoms with Gasteiger partial charge < -0.3 is 5.11 Å². The second-order valence-corrected chi connectivity index (χ2v) is 10.3. The normalized spacial score (nSPS) is 26.1. The minimum Gasteiger partial charge on any atom is -0.352 e. The molecule has 1 aliphatic heterocycles. The van der Waals surface area contributed by atoms with E-state index >= 15 is 0 Å². The fourth-order valence-corrected chi connectivity index (χ4v) is 9.16. The SMILES string of the molecule is C=C/C=C\C=C(/C)[P+]1(c2ccccc2C)c2ccccc2C1(C)O. The number of aliphatic hydroxyl groups is 1. The molecule has 0 spiro atoms. The summed E-state index contributed by atoms with van der Waals surface area (Å²) in [6.45, 7) is 10.0. The third-order valence-corrected chi connectivity index (χ3v) is 10.1. The zero-order chi connectivity index (χ0) is 17.4. The Morgan fingerprint density at radius 1 is 1.04 bits per heavy atom. The van der Waals surface area contributed by atoms with Crippen molar-refractivity contribution in [3.63, 3.8) is 0 Å². The van der Waals surface area contributed by atoms with E-state index in [0.29, 0.717) is 0 Å². The molecule has 1 heterocycles. The molecule has 1 aliphatic rings. The summed E-state index contributed by atoms with van der Waals surface area (Å²) in [5.74, 6) is 0. The first-order chi connectivity index (χ1) is 11.5. The monoisotopic (exact) mass is 335 g/mol. The maximum atomic E-state index is 11.5. The Labute approximate surface area is 145 Å². The predicted octanol–water partition coefficient (Wildman–Crippen LogP) is 4.79. The third-order valence-electron chi connectivity index (χ3n) is 5.02. The number of rotatable bonds is 4. The van der Waals surface area contributed by atoms with Crippen LogP contribution in [0.25, 0.3) is 0 Å². The van der Waals surface area contributed by atoms with Crippen molar-refractivity contribution in [2.24, 2.45) is 0 Å². The van der Waals surface area contributed by atoms with E-state index in [4.69, 9.17) is 0 Å². The summed E-state index contributed by atoms with van der Waals surface area (Å²) in [5, 5.41) is 14.5. The maximum Gasteiger partial charge on any atom is 0.215 e. The molecule has 0 saturated carbocycles. The lowest BCUT2D eigenvalue weighted by molar-refractivity contribution is 0.145. The highest BCUT2D eigenvalue weighted by Crippen LogP contribution is 2.81. The number of aryl methyl sites for hydroxylation is 1. The van der Waals surface area contributed by atoms with Crippen molar-refractivity contribution >= 4 is 17.9 Å². The van der Waals surface area contributed by atoms with Gasteiger partial charge in [0.05, 0.1) is 10.9 Å². The van der Waals surface area contributed by atoms with Gasteiger partial charge in [-0.15, -0.1) is 0 Å². The molecule has 1 N–H and O–H groups in total. The Hall–Kier alpha value is -1.95. The number of hydrogen-bond acceptors (Lipinski definition) is 1. The molecule has 0 amide bonds. The van der Waals surface area contributed by atoms with Gasteiger partial charge in [-0.25, -0.2) is 0 Å². The van der Waals surface area contributed by atoms with E-state index in [2.05, 4.69) is 69.0 Å². The topological polar surface area (TPSA) is 20.2 Å². The minimum absolute atomic E-state index is 0.835. The van der Waals surface area contributed by atoms with Gasteiger partial charge in [-0.1, -0.05) is 55.1 Å². The van der Waals surface area contributed by atoms with E-state index in [1.165, 1.54) is 21.5 Å². The largest absolute Gasteiger partial charge is 0.352 e. The van der Waals surface area contributed by atoms with Crippen LogP contribution in [0.15, 0.2) is 84.7 Å². The molecule has 0 radical (unpaired) electrons. The molecule has 2 unspecified atom stereocenters. The van der Waals surface area contributed by atoms with Crippen molar-refractivity contribution in [3.05, 3.63) is 95.9 Å². The summed E-state index contributed by atoms with van der Waals surface area (Å²) in [4.78, 5) is 0. The van der Waals surface area contributed by atoms with Gasteiger partial charge in [-0.2, -0.15) is 0 Å². The smallest absolute Gasteiger partial charge is 0.215 e. The Balaban J connectivity index is 2.33. The van der Waals surface area contributed by atoms with Crippen molar-refractivity contribution in [1.29, 1.82) is 0 Å². The third kappa shape index (κ3) is 2.16. The van der Waals surface area contributed by atoms with Crippen LogP contribution in [0, 0.1) is 6.92 Å². The molecule has 2 aromatic rings. The van der Waals surface area contributed by atoms with Crippen LogP contribution in [0.3, 0.4) is 0 Å². The van der Waals surface area contributed by atoms with Gasteiger partial charge in [0.25, 0.3) is 0 Å². The molecule has 3 rings (SSSR count). The molecular weight excluding hydrogens is 311 g/mol. The fourth-order valence-electron chi connectivity index (χ4n) is 3.94. The second kappa shape index (κ2) is 6.16. The van der Waals surface area contributed by atoms with Gasteiger partial charge >= 0.3 is 0 Å². The summed E-state index contributed by atoms with van der Waals surface area (Å²) in [6, 6.07) is 16.8. The number of benzene rings is 2. The van der Waals surface area contributed by atoms with Crippen molar-refractivity contribution < 1.29 is 5.11 Å². The first-order valence-corrected chi connectivity index (χ1v) is 10.0. The zero-order valence-corrected chi connectivity index (χ0v) is 15.4. The molecule has 2 atom stereocenters. The van der Waals surface area contributed by atoms with Crippen LogP contribution in [0.1, 0.15) is 25.0 Å². The van der Waals surface area contributed by atoms with Crippen LogP contribution in [-0.2, 0) is 5.34 Å². The number of hydrogen-bond donors (Lipinski definition) is 1. The lowest BCUT2D eigenvalue weighted by atomic mass is 10.1. The highest BCUT2D eigenvalue weighted by atomic mass is 31.2. The first kappa shape index (κ1) is 16.9. The summed E-state index contributed by atoms with van der Waals surface area (Å²) in [7, 11) is -2.05. The molecule has 122 valence electrons. The summed E-state index contributed by atoms with van der Waals surface area (Å²) < 4.78 is 0. The van der Waals surface area contributed by atoms with E-state index in [9.17, 15) is 5.11 Å². The highest BCUT2D eigenvalue weighted by Gasteiger charge is 2.70. The average Bonchev–Trinajstić information content (AvgIpc) is 2.57. The molecule has 0 aliphatic carbocycles. The number of fused-ring (bicyclic) bond motifs is 1. The van der Waals surface area contributed by atoms with Crippen LogP contribution in [0.4, 0.5) is 0 Å². The van der Waals surface area contributed by atoms with E-state index in [-0.39, 0.29) is 0 Å². The molecule has 0 fully saturated rings. The minimum atomic E-state index is -2.05. The van der Waals surface area contributed by atoms with Crippen LogP contribution in [-0.4, -0.2) is 5.11 Å². The van der Waals surface area contributed by atoms with Crippen LogP contribution in [0.2, 0.25) is 0 Å². The van der Waals surface area contributed by atoms with Crippen LogP contribution in [0.5, 0.6) is 0 Å². The Kier molecular flexibility index (Phi) is 4.34. The standard InChI is InChI=1S/C22H24OP/c1-5-6-7-13-18(3)24(20-15-10-8-12-17(20)2)21-16-11-9-14-19(21)22(24,4)23/h5-16,23H,1H2,2-4H3/q+1/b7-6-,18-13+. The molecule has 1 nitrogen and oxygen atoms in total. The second-order valence-electron chi connectivity index (χ2n) is 6.42. The van der Waals surface area contributed by atoms with E-state index in [1.54, 1.807) is 6.08 Å². The van der Waals surface area contributed by atoms with Crippen molar-refractivity contribution in [2.45, 2.75) is 26.1 Å². The molecule has 0 saturated heterocycles. The lowest BCUT2D eigenvalue weighted by Gasteiger charge is -2.48. The van der Waals surface area contributed by atoms with Gasteiger partial charge in [0.1, 0.15) is 17.9 Å². The molecule has 0 aromatic heterocycles. The van der Waals surface area contributed by atoms with Crippen LogP contribution >= 0.6 is 7.26 Å². The molecule has 0 bridgehead atoms. The molecule has 2 aromatic carbocycles. The number of allylic oxidation sites excluding steroid dienone is 5. The Morgan fingerprint density at radius 2 is 1.67 bits per heavy atom. The predicted molar refractivity (Wildman–Crippen MR) is 106 cm³/mol. The molecule has 2 heteroatoms. The van der Waals surface area contributed by atoms with Crippen molar-refractivity contribution in [1.82, 2.24) is 0 Å². The summed E-state index contributed by atoms with van der Waals surface area (Å²) in [5.41, 5.74) is 2.29.